The number of rotatable bonds is 9. The van der Waals surface area contributed by atoms with Crippen LogP contribution >= 0.6 is 0 Å². The zero-order valence-corrected chi connectivity index (χ0v) is 16.3. The zero-order chi connectivity index (χ0) is 19.8. The monoisotopic (exact) mass is 381 g/mol. The predicted octanol–water partition coefficient (Wildman–Crippen LogP) is 4.65. The molecule has 28 heavy (non-hydrogen) atoms. The quantitative estimate of drug-likeness (QED) is 0.507. The number of carbonyl (C=O) groups is 2. The van der Waals surface area contributed by atoms with Gasteiger partial charge < -0.3 is 14.8 Å². The van der Waals surface area contributed by atoms with Gasteiger partial charge in [0.1, 0.15) is 6.61 Å². The first-order chi connectivity index (χ1) is 13.7. The van der Waals surface area contributed by atoms with Gasteiger partial charge in [-0.05, 0) is 42.0 Å². The van der Waals surface area contributed by atoms with Crippen LogP contribution in [0.2, 0.25) is 0 Å². The number of hydrogen-bond acceptors (Lipinski definition) is 4. The maximum atomic E-state index is 12.0. The summed E-state index contributed by atoms with van der Waals surface area (Å²) in [7, 11) is 0. The molecule has 0 heterocycles. The van der Waals surface area contributed by atoms with Gasteiger partial charge in [0.2, 0.25) is 0 Å². The Labute approximate surface area is 166 Å². The molecular formula is C23H27NO4. The molecule has 5 heteroatoms. The zero-order valence-electron chi connectivity index (χ0n) is 16.3. The number of carbonyl (C=O) groups excluding carboxylic acids is 2. The van der Waals surface area contributed by atoms with Crippen LogP contribution in [0.3, 0.4) is 0 Å². The summed E-state index contributed by atoms with van der Waals surface area (Å²) < 4.78 is 10.4. The molecule has 0 bridgehead atoms. The highest BCUT2D eigenvalue weighted by Crippen LogP contribution is 2.44. The molecule has 2 aromatic carbocycles. The summed E-state index contributed by atoms with van der Waals surface area (Å²) in [6.07, 6.45) is 2.48. The van der Waals surface area contributed by atoms with Gasteiger partial charge in [-0.2, -0.15) is 0 Å². The van der Waals surface area contributed by atoms with E-state index >= 15 is 0 Å². The molecule has 0 fully saturated rings. The van der Waals surface area contributed by atoms with Gasteiger partial charge in [-0.1, -0.05) is 55.0 Å². The smallest absolute Gasteiger partial charge is 0.407 e. The number of amides is 1. The summed E-state index contributed by atoms with van der Waals surface area (Å²) in [4.78, 5) is 23.3. The summed E-state index contributed by atoms with van der Waals surface area (Å²) >= 11 is 0. The SMILES string of the molecule is CCOC(=O)CCCCCNC(=O)OCC1c2ccccc2-c2ccccc21. The molecule has 0 saturated heterocycles. The first-order valence-electron chi connectivity index (χ1n) is 9.95. The van der Waals surface area contributed by atoms with Crippen molar-refractivity contribution in [2.24, 2.45) is 0 Å². The van der Waals surface area contributed by atoms with Crippen molar-refractivity contribution in [3.63, 3.8) is 0 Å². The number of unbranched alkanes of at least 4 members (excludes halogenated alkanes) is 2. The van der Waals surface area contributed by atoms with Crippen LogP contribution in [0.1, 0.15) is 49.7 Å². The van der Waals surface area contributed by atoms with Crippen LogP contribution in [0.4, 0.5) is 4.79 Å². The summed E-state index contributed by atoms with van der Waals surface area (Å²) in [6.45, 7) is 3.08. The van der Waals surface area contributed by atoms with Gasteiger partial charge in [-0.3, -0.25) is 4.79 Å². The van der Waals surface area contributed by atoms with E-state index in [9.17, 15) is 9.59 Å². The molecule has 0 unspecified atom stereocenters. The molecular weight excluding hydrogens is 354 g/mol. The third-order valence-electron chi connectivity index (χ3n) is 4.98. The predicted molar refractivity (Wildman–Crippen MR) is 108 cm³/mol. The minimum absolute atomic E-state index is 0.0720. The molecule has 0 atom stereocenters. The number of alkyl carbamates (subject to hydrolysis) is 1. The molecule has 1 amide bonds. The Morgan fingerprint density at radius 2 is 1.54 bits per heavy atom. The van der Waals surface area contributed by atoms with E-state index in [1.54, 1.807) is 6.92 Å². The fourth-order valence-electron chi connectivity index (χ4n) is 3.64. The second-order valence-corrected chi connectivity index (χ2v) is 6.87. The molecule has 0 aliphatic heterocycles. The Hall–Kier alpha value is -2.82. The molecule has 1 aliphatic carbocycles. The normalized spacial score (nSPS) is 12.2. The topological polar surface area (TPSA) is 64.6 Å². The largest absolute Gasteiger partial charge is 0.466 e. The van der Waals surface area contributed by atoms with Crippen LogP contribution in [0.5, 0.6) is 0 Å². The molecule has 0 spiro atoms. The van der Waals surface area contributed by atoms with E-state index in [-0.39, 0.29) is 11.9 Å². The highest BCUT2D eigenvalue weighted by atomic mass is 16.5. The molecule has 0 aromatic heterocycles. The van der Waals surface area contributed by atoms with E-state index in [0.717, 1.165) is 19.3 Å². The van der Waals surface area contributed by atoms with Crippen LogP contribution in [0.15, 0.2) is 48.5 Å². The number of esters is 1. The third-order valence-corrected chi connectivity index (χ3v) is 4.98. The average molecular weight is 381 g/mol. The van der Waals surface area contributed by atoms with Crippen LogP contribution in [0, 0.1) is 0 Å². The highest BCUT2D eigenvalue weighted by Gasteiger charge is 2.28. The third kappa shape index (κ3) is 4.91. The van der Waals surface area contributed by atoms with Crippen molar-refractivity contribution in [2.75, 3.05) is 19.8 Å². The Morgan fingerprint density at radius 1 is 0.893 bits per heavy atom. The summed E-state index contributed by atoms with van der Waals surface area (Å²) in [6, 6.07) is 16.5. The van der Waals surface area contributed by atoms with Crippen LogP contribution in [0.25, 0.3) is 11.1 Å². The van der Waals surface area contributed by atoms with Gasteiger partial charge in [0, 0.05) is 18.9 Å². The lowest BCUT2D eigenvalue weighted by Crippen LogP contribution is -2.27. The summed E-state index contributed by atoms with van der Waals surface area (Å²) in [5, 5.41) is 2.79. The van der Waals surface area contributed by atoms with E-state index in [0.29, 0.717) is 26.2 Å². The van der Waals surface area contributed by atoms with Crippen LogP contribution in [-0.2, 0) is 14.3 Å². The number of hydrogen-bond donors (Lipinski definition) is 1. The Bertz CT molecular complexity index is 772. The van der Waals surface area contributed by atoms with Gasteiger partial charge in [0.05, 0.1) is 6.61 Å². The lowest BCUT2D eigenvalue weighted by molar-refractivity contribution is -0.143. The minimum atomic E-state index is -0.396. The van der Waals surface area contributed by atoms with Crippen molar-refractivity contribution in [3.05, 3.63) is 59.7 Å². The molecule has 1 N–H and O–H groups in total. The molecule has 0 saturated carbocycles. The van der Waals surface area contributed by atoms with Crippen LogP contribution in [-0.4, -0.2) is 31.8 Å². The fourth-order valence-corrected chi connectivity index (χ4v) is 3.64. The standard InChI is InChI=1S/C23H27NO4/c1-2-27-22(25)14-4-3-9-15-24-23(26)28-16-21-19-12-7-5-10-17(19)18-11-6-8-13-20(18)21/h5-8,10-13,21H,2-4,9,14-16H2,1H3,(H,24,26). The van der Waals surface area contributed by atoms with Crippen molar-refractivity contribution in [1.29, 1.82) is 0 Å². The van der Waals surface area contributed by atoms with Gasteiger partial charge in [-0.15, -0.1) is 0 Å². The first-order valence-corrected chi connectivity index (χ1v) is 9.95. The van der Waals surface area contributed by atoms with Crippen molar-refractivity contribution < 1.29 is 19.1 Å². The minimum Gasteiger partial charge on any atom is -0.466 e. The van der Waals surface area contributed by atoms with Crippen molar-refractivity contribution in [2.45, 2.75) is 38.5 Å². The molecule has 0 radical (unpaired) electrons. The van der Waals surface area contributed by atoms with Gasteiger partial charge in [0.15, 0.2) is 0 Å². The molecule has 1 aliphatic rings. The number of ether oxygens (including phenoxy) is 2. The highest BCUT2D eigenvalue weighted by molar-refractivity contribution is 5.79. The number of fused-ring (bicyclic) bond motifs is 3. The van der Waals surface area contributed by atoms with Crippen molar-refractivity contribution in [1.82, 2.24) is 5.32 Å². The number of benzene rings is 2. The second kappa shape index (κ2) is 9.93. The number of nitrogens with one attached hydrogen (secondary N) is 1. The summed E-state index contributed by atoms with van der Waals surface area (Å²) in [5.41, 5.74) is 4.84. The Kier molecular flexibility index (Phi) is 7.06. The maximum absolute atomic E-state index is 12.0. The van der Waals surface area contributed by atoms with Gasteiger partial charge in [0.25, 0.3) is 0 Å². The summed E-state index contributed by atoms with van der Waals surface area (Å²) in [5.74, 6) is -0.0882. The molecule has 2 aromatic rings. The van der Waals surface area contributed by atoms with Crippen LogP contribution < -0.4 is 5.32 Å². The first kappa shape index (κ1) is 19.9. The average Bonchev–Trinajstić information content (AvgIpc) is 3.03. The van der Waals surface area contributed by atoms with E-state index in [1.807, 2.05) is 24.3 Å². The van der Waals surface area contributed by atoms with E-state index in [1.165, 1.54) is 22.3 Å². The molecule has 5 nitrogen and oxygen atoms in total. The fraction of sp³-hybridized carbons (Fsp3) is 0.391. The lowest BCUT2D eigenvalue weighted by Gasteiger charge is -2.14. The molecule has 148 valence electrons. The Morgan fingerprint density at radius 3 is 2.18 bits per heavy atom. The van der Waals surface area contributed by atoms with Gasteiger partial charge in [-0.25, -0.2) is 4.79 Å². The van der Waals surface area contributed by atoms with E-state index < -0.39 is 6.09 Å². The van der Waals surface area contributed by atoms with E-state index in [4.69, 9.17) is 9.47 Å². The van der Waals surface area contributed by atoms with E-state index in [2.05, 4.69) is 29.6 Å². The molecule has 3 rings (SSSR count). The lowest BCUT2D eigenvalue weighted by atomic mass is 9.98. The van der Waals surface area contributed by atoms with Crippen molar-refractivity contribution >= 4 is 12.1 Å². The van der Waals surface area contributed by atoms with Gasteiger partial charge >= 0.3 is 12.1 Å². The maximum Gasteiger partial charge on any atom is 0.407 e. The van der Waals surface area contributed by atoms with Crippen molar-refractivity contribution in [3.8, 4) is 11.1 Å². The Balaban J connectivity index is 1.41. The second-order valence-electron chi connectivity index (χ2n) is 6.87.